The maximum Gasteiger partial charge on any atom is 0.267 e. The molecule has 0 amide bonds. The third-order valence-corrected chi connectivity index (χ3v) is 15.9. The fraction of sp³-hybridized carbons (Fsp3) is 1.00. The number of hydrogen-bond acceptors (Lipinski definition) is 6. The molecule has 0 aliphatic carbocycles. The van der Waals surface area contributed by atoms with Gasteiger partial charge >= 0.3 is 0 Å². The zero-order chi connectivity index (χ0) is 47.7. The van der Waals surface area contributed by atoms with Gasteiger partial charge in [-0.15, -0.1) is 0 Å². The van der Waals surface area contributed by atoms with Crippen LogP contribution in [0.4, 0.5) is 0 Å². The van der Waals surface area contributed by atoms with Crippen LogP contribution in [0.15, 0.2) is 0 Å². The summed E-state index contributed by atoms with van der Waals surface area (Å²) in [5.74, 6) is -1.27. The van der Waals surface area contributed by atoms with E-state index < -0.39 is 43.9 Å². The van der Waals surface area contributed by atoms with Gasteiger partial charge < -0.3 is 19.2 Å². The molecule has 0 fully saturated rings. The second kappa shape index (κ2) is 41.6. The van der Waals surface area contributed by atoms with Crippen molar-refractivity contribution in [1.82, 2.24) is 0 Å². The highest BCUT2D eigenvalue weighted by atomic mass is 32.2. The molecule has 0 aromatic rings. The topological polar surface area (TPSA) is 149 Å². The first-order valence-electron chi connectivity index (χ1n) is 27.6. The van der Waals surface area contributed by atoms with Crippen LogP contribution in [-0.2, 0) is 20.2 Å². The molecule has 12 heteroatoms. The summed E-state index contributed by atoms with van der Waals surface area (Å²) in [6, 6.07) is 0. The predicted octanol–water partition coefficient (Wildman–Crippen LogP) is 13.2. The summed E-state index contributed by atoms with van der Waals surface area (Å²) in [6.45, 7) is 14.5. The van der Waals surface area contributed by atoms with Crippen LogP contribution in [0.1, 0.15) is 259 Å². The number of aliphatic hydroxyl groups excluding tert-OH is 2. The van der Waals surface area contributed by atoms with E-state index in [1.54, 1.807) is 0 Å². The van der Waals surface area contributed by atoms with E-state index in [0.717, 1.165) is 90.6 Å². The molecule has 0 aliphatic rings. The van der Waals surface area contributed by atoms with Crippen molar-refractivity contribution in [2.45, 2.75) is 271 Å². The molecule has 0 spiro atoms. The van der Waals surface area contributed by atoms with E-state index in [0.29, 0.717) is 22.1 Å². The van der Waals surface area contributed by atoms with Crippen LogP contribution >= 0.6 is 0 Å². The normalized spacial score (nSPS) is 15.3. The summed E-state index contributed by atoms with van der Waals surface area (Å²) in [5, 5.41) is 21.5. The molecule has 10 nitrogen and oxygen atoms in total. The molecular weight excluding hydrogens is 845 g/mol. The second-order valence-electron chi connectivity index (χ2n) is 20.4. The number of quaternary nitrogens is 2. The molecule has 64 heavy (non-hydrogen) atoms. The lowest BCUT2D eigenvalue weighted by molar-refractivity contribution is -0.930. The van der Waals surface area contributed by atoms with Crippen LogP contribution in [-0.4, -0.2) is 121 Å². The molecular formula is C52H110N2O8S2+2. The van der Waals surface area contributed by atoms with Gasteiger partial charge in [-0.25, -0.2) is 0 Å². The fourth-order valence-electron chi connectivity index (χ4n) is 10.2. The van der Waals surface area contributed by atoms with Gasteiger partial charge in [0.2, 0.25) is 0 Å². The van der Waals surface area contributed by atoms with Gasteiger partial charge in [0.05, 0.1) is 39.3 Å². The van der Waals surface area contributed by atoms with Gasteiger partial charge in [-0.2, -0.15) is 16.8 Å². The lowest BCUT2D eigenvalue weighted by atomic mass is 10.0. The molecule has 0 saturated heterocycles. The fourth-order valence-corrected chi connectivity index (χ4v) is 11.4. The van der Waals surface area contributed by atoms with Crippen LogP contribution in [0, 0.1) is 0 Å². The Morgan fingerprint density at radius 2 is 0.484 bits per heavy atom. The number of likely N-dealkylation sites (N-methyl/N-ethyl adjacent to an activating group) is 2. The van der Waals surface area contributed by atoms with Gasteiger partial charge in [-0.3, -0.25) is 9.11 Å². The number of hydrogen-bond donors (Lipinski definition) is 4. The standard InChI is InChI=1S/C52H108N2O8S2/c1-5-9-11-13-15-17-19-21-23-25-27-29-31-33-35-39-43-53(7-3,47-51(55)49-63(57,58)59)45-41-37-38-42-46-54(8-4,48-52(56)50-64(60,61)62)44-40-36-34-32-30-28-26-24-22-20-18-16-14-12-10-6-2/h51-52,55-56H,5-50H2,1-4H3/p+2. The largest absolute Gasteiger partial charge is 0.386 e. The summed E-state index contributed by atoms with van der Waals surface area (Å²) in [5.41, 5.74) is 0. The predicted molar refractivity (Wildman–Crippen MR) is 273 cm³/mol. The van der Waals surface area contributed by atoms with Gasteiger partial charge in [-0.1, -0.05) is 194 Å². The summed E-state index contributed by atoms with van der Waals surface area (Å²) < 4.78 is 66.8. The van der Waals surface area contributed by atoms with Crippen molar-refractivity contribution in [3.8, 4) is 0 Å². The van der Waals surface area contributed by atoms with Crippen molar-refractivity contribution in [3.63, 3.8) is 0 Å². The molecule has 0 aliphatic heterocycles. The molecule has 0 heterocycles. The minimum atomic E-state index is -4.27. The molecule has 0 rings (SSSR count). The van der Waals surface area contributed by atoms with Crippen LogP contribution in [0.25, 0.3) is 0 Å². The zero-order valence-electron chi connectivity index (χ0n) is 42.8. The van der Waals surface area contributed by atoms with Crippen LogP contribution in [0.5, 0.6) is 0 Å². The Labute approximate surface area is 398 Å². The average Bonchev–Trinajstić information content (AvgIpc) is 3.22. The first kappa shape index (κ1) is 63.7. The first-order chi connectivity index (χ1) is 30.7. The third-order valence-electron chi connectivity index (χ3n) is 14.3. The van der Waals surface area contributed by atoms with Crippen molar-refractivity contribution in [3.05, 3.63) is 0 Å². The summed E-state index contributed by atoms with van der Waals surface area (Å²) >= 11 is 0. The Morgan fingerprint density at radius 3 is 0.641 bits per heavy atom. The van der Waals surface area contributed by atoms with Crippen LogP contribution < -0.4 is 0 Å². The van der Waals surface area contributed by atoms with Gasteiger partial charge in [0.15, 0.2) is 0 Å². The minimum Gasteiger partial charge on any atom is -0.386 e. The lowest BCUT2D eigenvalue weighted by Gasteiger charge is -2.40. The average molecular weight is 956 g/mol. The molecule has 0 aromatic heterocycles. The number of nitrogens with zero attached hydrogens (tertiary/aromatic N) is 2. The maximum atomic E-state index is 11.6. The van der Waals surface area contributed by atoms with E-state index in [4.69, 9.17) is 0 Å². The van der Waals surface area contributed by atoms with Gasteiger partial charge in [0.1, 0.15) is 36.8 Å². The highest BCUT2D eigenvalue weighted by Gasteiger charge is 2.32. The Morgan fingerprint density at radius 1 is 0.312 bits per heavy atom. The van der Waals surface area contributed by atoms with Crippen molar-refractivity contribution in [2.75, 3.05) is 63.9 Å². The second-order valence-corrected chi connectivity index (χ2v) is 23.4. The first-order valence-corrected chi connectivity index (χ1v) is 30.8. The van der Waals surface area contributed by atoms with Crippen LogP contribution in [0.2, 0.25) is 0 Å². The monoisotopic (exact) mass is 955 g/mol. The Kier molecular flexibility index (Phi) is 41.4. The van der Waals surface area contributed by atoms with Crippen LogP contribution in [0.3, 0.4) is 0 Å². The number of aliphatic hydroxyl groups is 2. The van der Waals surface area contributed by atoms with Gasteiger partial charge in [0, 0.05) is 0 Å². The molecule has 386 valence electrons. The van der Waals surface area contributed by atoms with Gasteiger partial charge in [-0.05, 0) is 65.2 Å². The Hall–Kier alpha value is -0.340. The zero-order valence-corrected chi connectivity index (χ0v) is 44.4. The summed E-state index contributed by atoms with van der Waals surface area (Å²) in [7, 11) is -8.54. The molecule has 0 aromatic carbocycles. The van der Waals surface area contributed by atoms with Crippen molar-refractivity contribution < 1.29 is 45.1 Å². The van der Waals surface area contributed by atoms with E-state index in [2.05, 4.69) is 27.7 Å². The van der Waals surface area contributed by atoms with E-state index in [9.17, 15) is 36.2 Å². The number of unbranched alkanes of at least 4 members (excludes halogenated alkanes) is 33. The third kappa shape index (κ3) is 40.7. The molecule has 0 bridgehead atoms. The summed E-state index contributed by atoms with van der Waals surface area (Å²) in [4.78, 5) is 0. The summed E-state index contributed by atoms with van der Waals surface area (Å²) in [6.07, 6.45) is 43.5. The Balaban J connectivity index is 4.85. The number of rotatable bonds is 51. The molecule has 0 saturated carbocycles. The molecule has 0 radical (unpaired) electrons. The smallest absolute Gasteiger partial charge is 0.267 e. The highest BCUT2D eigenvalue weighted by Crippen LogP contribution is 2.21. The molecule has 4 N–H and O–H groups in total. The van der Waals surface area contributed by atoms with E-state index in [-0.39, 0.29) is 0 Å². The molecule has 4 atom stereocenters. The lowest BCUT2D eigenvalue weighted by Crippen LogP contribution is -2.54. The van der Waals surface area contributed by atoms with Crippen molar-refractivity contribution in [2.24, 2.45) is 0 Å². The Bertz CT molecular complexity index is 1150. The van der Waals surface area contributed by atoms with E-state index in [1.807, 2.05) is 0 Å². The van der Waals surface area contributed by atoms with E-state index in [1.165, 1.54) is 180 Å². The maximum absolute atomic E-state index is 11.6. The van der Waals surface area contributed by atoms with Gasteiger partial charge in [0.25, 0.3) is 20.2 Å². The van der Waals surface area contributed by atoms with Crippen molar-refractivity contribution in [1.29, 1.82) is 0 Å². The van der Waals surface area contributed by atoms with Crippen molar-refractivity contribution >= 4 is 20.2 Å². The molecule has 4 unspecified atom stereocenters. The van der Waals surface area contributed by atoms with E-state index >= 15 is 0 Å². The minimum absolute atomic E-state index is 0.315. The SMILES string of the molecule is CCCCCCCCCCCCCCCCCC[N+](CC)(CCCCCC[N+](CC)(CCCCCCCCCCCCCCCCCC)CC(O)CS(=O)(=O)O)CC(O)CS(=O)(=O)O. The highest BCUT2D eigenvalue weighted by molar-refractivity contribution is 7.86. The quantitative estimate of drug-likeness (QED) is 0.0267.